The maximum absolute atomic E-state index is 13.8. The summed E-state index contributed by atoms with van der Waals surface area (Å²) in [5.74, 6) is -3.36. The minimum atomic E-state index is -2.14. The molecule has 11 N–H and O–H groups in total. The molecule has 0 radical (unpaired) electrons. The van der Waals surface area contributed by atoms with E-state index in [1.165, 1.54) is 0 Å². The van der Waals surface area contributed by atoms with Crippen LogP contribution in [0.25, 0.3) is 0 Å². The zero-order valence-corrected chi connectivity index (χ0v) is 39.0. The largest absolute Gasteiger partial charge is 0.481 e. The van der Waals surface area contributed by atoms with Gasteiger partial charge in [0.15, 0.2) is 25.0 Å². The molecular weight excluding hydrogens is 884 g/mol. The van der Waals surface area contributed by atoms with Gasteiger partial charge in [0.25, 0.3) is 0 Å². The fourth-order valence-electron chi connectivity index (χ4n) is 14.8. The molecule has 5 aliphatic carbocycles. The lowest BCUT2D eigenvalue weighted by atomic mass is 9.33. The smallest absolute Gasteiger partial charge is 0.335 e. The van der Waals surface area contributed by atoms with Crippen molar-refractivity contribution in [3.63, 3.8) is 0 Å². The van der Waals surface area contributed by atoms with Gasteiger partial charge in [-0.1, -0.05) is 53.2 Å². The second kappa shape index (κ2) is 17.8. The molecule has 20 heteroatoms. The van der Waals surface area contributed by atoms with Crippen LogP contribution in [0.5, 0.6) is 0 Å². The van der Waals surface area contributed by atoms with E-state index >= 15 is 0 Å². The van der Waals surface area contributed by atoms with E-state index in [-0.39, 0.29) is 36.0 Å². The van der Waals surface area contributed by atoms with Crippen LogP contribution in [0.3, 0.4) is 0 Å². The van der Waals surface area contributed by atoms with E-state index in [4.69, 9.17) is 28.4 Å². The third-order valence-electron chi connectivity index (χ3n) is 18.9. The van der Waals surface area contributed by atoms with Gasteiger partial charge in [-0.2, -0.15) is 0 Å². The molecule has 4 saturated carbocycles. The lowest BCUT2D eigenvalue weighted by Crippen LogP contribution is -2.69. The molecule has 0 aromatic heterocycles. The predicted molar refractivity (Wildman–Crippen MR) is 227 cm³/mol. The molecule has 0 amide bonds. The van der Waals surface area contributed by atoms with Crippen LogP contribution < -0.4 is 0 Å². The van der Waals surface area contributed by atoms with Gasteiger partial charge in [-0.25, -0.2) is 4.79 Å². The second-order valence-electron chi connectivity index (χ2n) is 22.8. The Hall–Kier alpha value is -2.25. The average molecular weight is 957 g/mol. The maximum Gasteiger partial charge on any atom is 0.335 e. The lowest BCUT2D eigenvalue weighted by Gasteiger charge is -2.71. The Morgan fingerprint density at radius 3 is 2.04 bits per heavy atom. The summed E-state index contributed by atoms with van der Waals surface area (Å²) in [5, 5.41) is 118. The first-order valence-electron chi connectivity index (χ1n) is 23.8. The molecule has 20 nitrogen and oxygen atoms in total. The Balaban J connectivity index is 1.13. The molecule has 3 aliphatic heterocycles. The number of carboxylic acids is 2. The molecule has 0 unspecified atom stereocenters. The highest BCUT2D eigenvalue weighted by molar-refractivity contribution is 5.78. The molecule has 7 fully saturated rings. The summed E-state index contributed by atoms with van der Waals surface area (Å²) >= 11 is 0. The number of hydrogen-bond donors (Lipinski definition) is 11. The highest BCUT2D eigenvalue weighted by atomic mass is 16.8. The predicted octanol–water partition coefficient (Wildman–Crippen LogP) is -0.413. The second-order valence-corrected chi connectivity index (χ2v) is 22.8. The molecule has 3 heterocycles. The highest BCUT2D eigenvalue weighted by Gasteiger charge is 2.72. The molecule has 0 bridgehead atoms. The Bertz CT molecular complexity index is 1910. The standard InChI is InChI=1S/C47H72O20/c1-42(2)13-14-47(41(60)61)21(15-42)20-7-8-25-43(3)11-10-27(44(4,19-49)24(43)9-12-45(25,5)46(20,6)16-26(47)51)64-40-36(67-39-32(56)30(54)29(53)23(17-48)63-39)34(33(57)35(66-40)37(58)59)65-38-31(55)28(52)22(50)18-62-38/h7,19,21-36,38-40,48,50-57H,8-18H2,1-6H3,(H,58,59)(H,60,61)/t21-,22+,23+,24-,25-,26+,27-,28-,29-,30-,31+,32+,33-,34-,35-,36+,38-,39-,40+,43-,44-,45+,46+,47+/m0/s1. The van der Waals surface area contributed by atoms with E-state index in [0.717, 1.165) is 11.9 Å². The molecule has 24 atom stereocenters. The molecule has 0 spiro atoms. The van der Waals surface area contributed by atoms with Gasteiger partial charge in [0, 0.05) is 0 Å². The number of fused-ring (bicyclic) bond motifs is 7. The van der Waals surface area contributed by atoms with Crippen LogP contribution in [0.15, 0.2) is 11.6 Å². The molecule has 3 saturated heterocycles. The maximum atomic E-state index is 13.8. The van der Waals surface area contributed by atoms with Crippen LogP contribution in [-0.4, -0.2) is 186 Å². The summed E-state index contributed by atoms with van der Waals surface area (Å²) in [6, 6.07) is 0. The van der Waals surface area contributed by atoms with Gasteiger partial charge < -0.3 is 89.4 Å². The number of aliphatic hydroxyl groups is 9. The van der Waals surface area contributed by atoms with E-state index in [9.17, 15) is 70.6 Å². The monoisotopic (exact) mass is 956 g/mol. The van der Waals surface area contributed by atoms with Crippen molar-refractivity contribution in [1.29, 1.82) is 0 Å². The molecule has 0 aromatic rings. The van der Waals surface area contributed by atoms with Crippen molar-refractivity contribution < 1.29 is 99.0 Å². The minimum absolute atomic E-state index is 0.0258. The number of rotatable bonds is 10. The van der Waals surface area contributed by atoms with E-state index < -0.39 is 150 Å². The van der Waals surface area contributed by atoms with Gasteiger partial charge >= 0.3 is 11.9 Å². The molecule has 0 aromatic carbocycles. The average Bonchev–Trinajstić information content (AvgIpc) is 3.26. The van der Waals surface area contributed by atoms with Gasteiger partial charge in [0.1, 0.15) is 72.7 Å². The first kappa shape index (κ1) is 51.1. The number of allylic oxidation sites excluding steroid dienone is 2. The third-order valence-corrected chi connectivity index (χ3v) is 18.9. The number of aliphatic carboxylic acids is 2. The van der Waals surface area contributed by atoms with E-state index in [1.54, 1.807) is 6.92 Å². The number of carbonyl (C=O) groups is 3. The van der Waals surface area contributed by atoms with Crippen LogP contribution >= 0.6 is 0 Å². The third kappa shape index (κ3) is 7.78. The van der Waals surface area contributed by atoms with Crippen molar-refractivity contribution in [2.75, 3.05) is 13.2 Å². The summed E-state index contributed by atoms with van der Waals surface area (Å²) < 4.78 is 35.9. The molecular formula is C47H72O20. The van der Waals surface area contributed by atoms with Gasteiger partial charge in [0.2, 0.25) is 0 Å². The molecule has 380 valence electrons. The first-order valence-corrected chi connectivity index (χ1v) is 23.8. The zero-order chi connectivity index (χ0) is 49.1. The Morgan fingerprint density at radius 2 is 1.40 bits per heavy atom. The number of carbonyl (C=O) groups excluding carboxylic acids is 1. The quantitative estimate of drug-likeness (QED) is 0.0753. The number of aldehydes is 1. The number of aliphatic hydroxyl groups excluding tert-OH is 9. The summed E-state index contributed by atoms with van der Waals surface area (Å²) in [6.07, 6.45) is -20.5. The van der Waals surface area contributed by atoms with Gasteiger partial charge in [-0.15, -0.1) is 0 Å². The fraction of sp³-hybridized carbons (Fsp3) is 0.894. The van der Waals surface area contributed by atoms with Gasteiger partial charge in [-0.05, 0) is 97.2 Å². The molecule has 8 rings (SSSR count). The summed E-state index contributed by atoms with van der Waals surface area (Å²) in [4.78, 5) is 39.8. The Morgan fingerprint density at radius 1 is 0.731 bits per heavy atom. The van der Waals surface area contributed by atoms with Gasteiger partial charge in [0.05, 0.1) is 30.8 Å². The van der Waals surface area contributed by atoms with Crippen LogP contribution in [0, 0.1) is 50.2 Å². The van der Waals surface area contributed by atoms with E-state index in [1.807, 2.05) is 0 Å². The minimum Gasteiger partial charge on any atom is -0.481 e. The van der Waals surface area contributed by atoms with Crippen molar-refractivity contribution in [3.8, 4) is 0 Å². The van der Waals surface area contributed by atoms with Crippen molar-refractivity contribution in [1.82, 2.24) is 0 Å². The van der Waals surface area contributed by atoms with Crippen LogP contribution in [-0.2, 0) is 42.8 Å². The van der Waals surface area contributed by atoms with E-state index in [2.05, 4.69) is 40.7 Å². The summed E-state index contributed by atoms with van der Waals surface area (Å²) in [6.45, 7) is 11.3. The highest BCUT2D eigenvalue weighted by Crippen LogP contribution is 2.76. The Kier molecular flexibility index (Phi) is 13.6. The van der Waals surface area contributed by atoms with Gasteiger partial charge in [-0.3, -0.25) is 4.79 Å². The molecule has 8 aliphatic rings. The number of ether oxygens (including phenoxy) is 6. The van der Waals surface area contributed by atoms with E-state index in [0.29, 0.717) is 44.9 Å². The van der Waals surface area contributed by atoms with Crippen LogP contribution in [0.1, 0.15) is 99.3 Å². The van der Waals surface area contributed by atoms with Crippen LogP contribution in [0.4, 0.5) is 0 Å². The number of carboxylic acid groups (broad SMARTS) is 2. The summed E-state index contributed by atoms with van der Waals surface area (Å²) in [7, 11) is 0. The summed E-state index contributed by atoms with van der Waals surface area (Å²) in [5.41, 5.74) is -3.10. The normalized spacial score (nSPS) is 54.0. The van der Waals surface area contributed by atoms with Crippen molar-refractivity contribution >= 4 is 18.2 Å². The first-order chi connectivity index (χ1) is 31.3. The van der Waals surface area contributed by atoms with Crippen molar-refractivity contribution in [2.24, 2.45) is 50.2 Å². The lowest BCUT2D eigenvalue weighted by molar-refractivity contribution is -0.391. The SMILES string of the molecule is CC1(C)CC[C@]2(C(=O)O)[C@H](O)C[C@]3(C)C(=CC[C@H]4[C@@]5(C)CC[C@H](O[C@@H]6O[C@H](C(=O)O)[C@@H](O)[C@H](O[C@@H]7OC[C@@H](O)[C@H](O)[C@H]7O)[C@H]6O[C@@H]6O[C@H](CO)[C@H](O)[C@H](O)[C@H]6O)[C@@](C)(C=O)[C@H]5CC[C@]43C)[C@@H]2C1. The zero-order valence-electron chi connectivity index (χ0n) is 39.0. The topological polar surface area (TPSA) is 329 Å². The van der Waals surface area contributed by atoms with Crippen molar-refractivity contribution in [3.05, 3.63) is 11.6 Å². The number of hydrogen-bond acceptors (Lipinski definition) is 18. The molecule has 67 heavy (non-hydrogen) atoms. The van der Waals surface area contributed by atoms with Crippen molar-refractivity contribution in [2.45, 2.75) is 198 Å². The Labute approximate surface area is 389 Å². The fourth-order valence-corrected chi connectivity index (χ4v) is 14.8. The van der Waals surface area contributed by atoms with Crippen LogP contribution in [0.2, 0.25) is 0 Å².